The van der Waals surface area contributed by atoms with Crippen molar-refractivity contribution >= 4 is 11.6 Å². The fourth-order valence-electron chi connectivity index (χ4n) is 1.73. The lowest BCUT2D eigenvalue weighted by Crippen LogP contribution is -2.35. The Hall–Kier alpha value is -1.55. The zero-order valence-corrected chi connectivity index (χ0v) is 11.2. The monoisotopic (exact) mass is 250 g/mol. The molecule has 1 amide bonds. The summed E-state index contributed by atoms with van der Waals surface area (Å²) in [6.45, 7) is 3.99. The van der Waals surface area contributed by atoms with Crippen molar-refractivity contribution < 1.29 is 9.53 Å². The van der Waals surface area contributed by atoms with E-state index in [1.54, 1.807) is 24.1 Å². The van der Waals surface area contributed by atoms with E-state index in [0.717, 1.165) is 19.4 Å². The van der Waals surface area contributed by atoms with Gasteiger partial charge in [0.1, 0.15) is 0 Å². The van der Waals surface area contributed by atoms with Gasteiger partial charge in [-0.15, -0.1) is 0 Å². The number of unbranched alkanes of at least 4 members (excludes halogenated alkanes) is 1. The fourth-order valence-corrected chi connectivity index (χ4v) is 1.73. The number of rotatable bonds is 7. The lowest BCUT2D eigenvalue weighted by atomic mass is 10.1. The smallest absolute Gasteiger partial charge is 0.256 e. The van der Waals surface area contributed by atoms with E-state index < -0.39 is 0 Å². The van der Waals surface area contributed by atoms with Crippen molar-refractivity contribution in [3.8, 4) is 0 Å². The maximum absolute atomic E-state index is 12.4. The summed E-state index contributed by atoms with van der Waals surface area (Å²) in [5, 5.41) is 0. The molecule has 0 fully saturated rings. The topological polar surface area (TPSA) is 55.6 Å². The molecule has 0 aromatic heterocycles. The number of anilines is 1. The molecule has 1 rings (SSSR count). The predicted molar refractivity (Wildman–Crippen MR) is 73.5 cm³/mol. The largest absolute Gasteiger partial charge is 0.398 e. The van der Waals surface area contributed by atoms with Crippen LogP contribution in [-0.4, -0.2) is 37.6 Å². The number of ether oxygens (including phenoxy) is 1. The highest BCUT2D eigenvalue weighted by Gasteiger charge is 2.16. The summed E-state index contributed by atoms with van der Waals surface area (Å²) in [4.78, 5) is 14.2. The van der Waals surface area contributed by atoms with Crippen molar-refractivity contribution in [3.63, 3.8) is 0 Å². The third-order valence-electron chi connectivity index (χ3n) is 2.83. The van der Waals surface area contributed by atoms with E-state index in [4.69, 9.17) is 10.5 Å². The van der Waals surface area contributed by atoms with Crippen LogP contribution in [-0.2, 0) is 4.74 Å². The van der Waals surface area contributed by atoms with Gasteiger partial charge >= 0.3 is 0 Å². The highest BCUT2D eigenvalue weighted by atomic mass is 16.5. The number of hydrogen-bond acceptors (Lipinski definition) is 3. The molecule has 0 radical (unpaired) electrons. The van der Waals surface area contributed by atoms with Crippen LogP contribution < -0.4 is 5.73 Å². The molecule has 18 heavy (non-hydrogen) atoms. The number of amides is 1. The fraction of sp³-hybridized carbons (Fsp3) is 0.500. The normalized spacial score (nSPS) is 10.3. The summed E-state index contributed by atoms with van der Waals surface area (Å²) >= 11 is 0. The summed E-state index contributed by atoms with van der Waals surface area (Å²) in [6.07, 6.45) is 2.04. The first-order chi connectivity index (χ1) is 8.70. The van der Waals surface area contributed by atoms with E-state index in [9.17, 15) is 4.79 Å². The van der Waals surface area contributed by atoms with E-state index >= 15 is 0 Å². The van der Waals surface area contributed by atoms with Gasteiger partial charge in [-0.2, -0.15) is 0 Å². The quantitative estimate of drug-likeness (QED) is 0.754. The van der Waals surface area contributed by atoms with Gasteiger partial charge in [0.25, 0.3) is 5.91 Å². The molecule has 100 valence electrons. The Morgan fingerprint density at radius 3 is 2.67 bits per heavy atom. The number of methoxy groups -OCH3 is 1. The SMILES string of the molecule is CCCCN(CCOC)C(=O)c1ccccc1N. The molecular formula is C14H22N2O2. The van der Waals surface area contributed by atoms with Crippen LogP contribution in [0.3, 0.4) is 0 Å². The molecule has 0 bridgehead atoms. The standard InChI is InChI=1S/C14H22N2O2/c1-3-4-9-16(10-11-18-2)14(17)12-7-5-6-8-13(12)15/h5-8H,3-4,9-11,15H2,1-2H3. The second-order valence-electron chi connectivity index (χ2n) is 4.23. The van der Waals surface area contributed by atoms with Crippen LogP contribution in [0.25, 0.3) is 0 Å². The van der Waals surface area contributed by atoms with Crippen LogP contribution in [0.5, 0.6) is 0 Å². The second-order valence-corrected chi connectivity index (χ2v) is 4.23. The van der Waals surface area contributed by atoms with E-state index in [1.165, 1.54) is 0 Å². The number of benzene rings is 1. The van der Waals surface area contributed by atoms with Crippen LogP contribution >= 0.6 is 0 Å². The number of carbonyl (C=O) groups excluding carboxylic acids is 1. The molecular weight excluding hydrogens is 228 g/mol. The molecule has 1 aromatic carbocycles. The van der Waals surface area contributed by atoms with Crippen molar-refractivity contribution in [3.05, 3.63) is 29.8 Å². The van der Waals surface area contributed by atoms with Gasteiger partial charge in [0.15, 0.2) is 0 Å². The molecule has 4 nitrogen and oxygen atoms in total. The Kier molecular flexibility index (Phi) is 6.22. The molecule has 0 spiro atoms. The van der Waals surface area contributed by atoms with Crippen molar-refractivity contribution in [1.82, 2.24) is 4.90 Å². The molecule has 0 aliphatic carbocycles. The summed E-state index contributed by atoms with van der Waals surface area (Å²) in [5.74, 6) is -0.0152. The van der Waals surface area contributed by atoms with Gasteiger partial charge in [-0.3, -0.25) is 4.79 Å². The summed E-state index contributed by atoms with van der Waals surface area (Å²) in [7, 11) is 1.64. The Balaban J connectivity index is 2.77. The molecule has 0 unspecified atom stereocenters. The highest BCUT2D eigenvalue weighted by molar-refractivity contribution is 5.99. The number of para-hydroxylation sites is 1. The van der Waals surface area contributed by atoms with Gasteiger partial charge in [0, 0.05) is 25.9 Å². The molecule has 2 N–H and O–H groups in total. The van der Waals surface area contributed by atoms with Crippen LogP contribution in [0.2, 0.25) is 0 Å². The predicted octanol–water partition coefficient (Wildman–Crippen LogP) is 2.16. The van der Waals surface area contributed by atoms with Crippen molar-refractivity contribution in [2.75, 3.05) is 32.5 Å². The Bertz CT molecular complexity index is 372. The lowest BCUT2D eigenvalue weighted by Gasteiger charge is -2.22. The Morgan fingerprint density at radius 1 is 1.33 bits per heavy atom. The molecule has 4 heteroatoms. The molecule has 0 saturated carbocycles. The lowest BCUT2D eigenvalue weighted by molar-refractivity contribution is 0.0694. The van der Waals surface area contributed by atoms with Gasteiger partial charge < -0.3 is 15.4 Å². The molecule has 0 atom stereocenters. The van der Waals surface area contributed by atoms with Crippen LogP contribution in [0.4, 0.5) is 5.69 Å². The minimum absolute atomic E-state index is 0.0152. The Labute approximate surface area is 109 Å². The second kappa shape index (κ2) is 7.71. The zero-order chi connectivity index (χ0) is 13.4. The van der Waals surface area contributed by atoms with Crippen LogP contribution in [0.15, 0.2) is 24.3 Å². The number of nitrogens with two attached hydrogens (primary N) is 1. The Morgan fingerprint density at radius 2 is 2.06 bits per heavy atom. The van der Waals surface area contributed by atoms with Crippen molar-refractivity contribution in [1.29, 1.82) is 0 Å². The number of hydrogen-bond donors (Lipinski definition) is 1. The first-order valence-corrected chi connectivity index (χ1v) is 6.33. The zero-order valence-electron chi connectivity index (χ0n) is 11.2. The van der Waals surface area contributed by atoms with Gasteiger partial charge in [0.05, 0.1) is 12.2 Å². The summed E-state index contributed by atoms with van der Waals surface area (Å²) in [6, 6.07) is 7.18. The van der Waals surface area contributed by atoms with E-state index in [1.807, 2.05) is 12.1 Å². The van der Waals surface area contributed by atoms with Crippen LogP contribution in [0, 0.1) is 0 Å². The van der Waals surface area contributed by atoms with Crippen molar-refractivity contribution in [2.24, 2.45) is 0 Å². The van der Waals surface area contributed by atoms with E-state index in [2.05, 4.69) is 6.92 Å². The number of carbonyl (C=O) groups is 1. The van der Waals surface area contributed by atoms with Crippen molar-refractivity contribution in [2.45, 2.75) is 19.8 Å². The van der Waals surface area contributed by atoms with Gasteiger partial charge in [-0.05, 0) is 18.6 Å². The van der Waals surface area contributed by atoms with Gasteiger partial charge in [-0.25, -0.2) is 0 Å². The summed E-state index contributed by atoms with van der Waals surface area (Å²) in [5.41, 5.74) is 6.94. The van der Waals surface area contributed by atoms with E-state index in [0.29, 0.717) is 24.4 Å². The van der Waals surface area contributed by atoms with E-state index in [-0.39, 0.29) is 5.91 Å². The molecule has 0 saturated heterocycles. The maximum atomic E-state index is 12.4. The third-order valence-corrected chi connectivity index (χ3v) is 2.83. The third kappa shape index (κ3) is 4.04. The minimum Gasteiger partial charge on any atom is -0.398 e. The highest BCUT2D eigenvalue weighted by Crippen LogP contribution is 2.14. The van der Waals surface area contributed by atoms with Gasteiger partial charge in [0.2, 0.25) is 0 Å². The van der Waals surface area contributed by atoms with Gasteiger partial charge in [-0.1, -0.05) is 25.5 Å². The molecule has 0 heterocycles. The first-order valence-electron chi connectivity index (χ1n) is 6.33. The molecule has 0 aliphatic rings. The maximum Gasteiger partial charge on any atom is 0.256 e. The molecule has 1 aromatic rings. The first kappa shape index (κ1) is 14.5. The average Bonchev–Trinajstić information content (AvgIpc) is 2.39. The minimum atomic E-state index is -0.0152. The van der Waals surface area contributed by atoms with Crippen LogP contribution in [0.1, 0.15) is 30.1 Å². The summed E-state index contributed by atoms with van der Waals surface area (Å²) < 4.78 is 5.04. The molecule has 0 aliphatic heterocycles. The average molecular weight is 250 g/mol. The number of nitrogens with zero attached hydrogens (tertiary/aromatic N) is 1. The number of nitrogen functional groups attached to an aromatic ring is 1.